The minimum Gasteiger partial charge on any atom is -0.493 e. The highest BCUT2D eigenvalue weighted by Gasteiger charge is 2.35. The van der Waals surface area contributed by atoms with Crippen LogP contribution in [0.25, 0.3) is 0 Å². The zero-order chi connectivity index (χ0) is 14.0. The van der Waals surface area contributed by atoms with Gasteiger partial charge in [0.05, 0.1) is 6.61 Å². The van der Waals surface area contributed by atoms with E-state index in [9.17, 15) is 4.39 Å². The molecule has 0 unspecified atom stereocenters. The minimum absolute atomic E-state index is 0.0311. The SMILES string of the molecule is NCC1(c2cc(F)cc(OCC3CCC3)c2)CCCC1. The Kier molecular flexibility index (Phi) is 3.97. The molecular weight excluding hydrogens is 253 g/mol. The number of nitrogens with two attached hydrogens (primary N) is 1. The first-order chi connectivity index (χ1) is 9.72. The second-order valence-electron chi connectivity index (χ2n) is 6.48. The van der Waals surface area contributed by atoms with Gasteiger partial charge in [-0.15, -0.1) is 0 Å². The molecule has 3 rings (SSSR count). The summed E-state index contributed by atoms with van der Waals surface area (Å²) in [6.07, 6.45) is 8.30. The van der Waals surface area contributed by atoms with Gasteiger partial charge in [0.1, 0.15) is 11.6 Å². The van der Waals surface area contributed by atoms with Crippen molar-refractivity contribution >= 4 is 0 Å². The molecule has 0 heterocycles. The second-order valence-corrected chi connectivity index (χ2v) is 6.48. The predicted octanol–water partition coefficient (Wildman–Crippen LogP) is 3.78. The summed E-state index contributed by atoms with van der Waals surface area (Å²) in [6, 6.07) is 5.16. The topological polar surface area (TPSA) is 35.2 Å². The van der Waals surface area contributed by atoms with E-state index >= 15 is 0 Å². The van der Waals surface area contributed by atoms with Crippen molar-refractivity contribution in [2.45, 2.75) is 50.4 Å². The van der Waals surface area contributed by atoms with E-state index in [4.69, 9.17) is 10.5 Å². The molecule has 110 valence electrons. The third-order valence-corrected chi connectivity index (χ3v) is 5.15. The van der Waals surface area contributed by atoms with Crippen LogP contribution in [0.4, 0.5) is 4.39 Å². The largest absolute Gasteiger partial charge is 0.493 e. The van der Waals surface area contributed by atoms with Crippen molar-refractivity contribution < 1.29 is 9.13 Å². The summed E-state index contributed by atoms with van der Waals surface area (Å²) in [5.41, 5.74) is 6.99. The van der Waals surface area contributed by atoms with Crippen molar-refractivity contribution in [2.75, 3.05) is 13.2 Å². The van der Waals surface area contributed by atoms with Crippen LogP contribution in [0.15, 0.2) is 18.2 Å². The quantitative estimate of drug-likeness (QED) is 0.889. The molecule has 3 heteroatoms. The summed E-state index contributed by atoms with van der Waals surface area (Å²) in [7, 11) is 0. The highest BCUT2D eigenvalue weighted by atomic mass is 19.1. The summed E-state index contributed by atoms with van der Waals surface area (Å²) in [4.78, 5) is 0. The maximum atomic E-state index is 13.9. The van der Waals surface area contributed by atoms with Crippen LogP contribution in [0, 0.1) is 11.7 Å². The molecule has 2 aliphatic carbocycles. The normalized spacial score (nSPS) is 21.7. The Hall–Kier alpha value is -1.09. The van der Waals surface area contributed by atoms with Crippen LogP contribution in [0.3, 0.4) is 0 Å². The van der Waals surface area contributed by atoms with E-state index in [0.29, 0.717) is 18.2 Å². The molecule has 2 N–H and O–H groups in total. The fourth-order valence-corrected chi connectivity index (χ4v) is 3.49. The Morgan fingerprint density at radius 1 is 1.15 bits per heavy atom. The average Bonchev–Trinajstić information content (AvgIpc) is 2.86. The summed E-state index contributed by atoms with van der Waals surface area (Å²) < 4.78 is 19.7. The van der Waals surface area contributed by atoms with E-state index in [-0.39, 0.29) is 11.2 Å². The molecule has 20 heavy (non-hydrogen) atoms. The predicted molar refractivity (Wildman–Crippen MR) is 78.4 cm³/mol. The number of hydrogen-bond acceptors (Lipinski definition) is 2. The maximum Gasteiger partial charge on any atom is 0.127 e. The number of benzene rings is 1. The van der Waals surface area contributed by atoms with Crippen molar-refractivity contribution in [2.24, 2.45) is 11.7 Å². The first kappa shape index (κ1) is 13.9. The Bertz CT molecular complexity index is 464. The molecule has 2 nitrogen and oxygen atoms in total. The number of ether oxygens (including phenoxy) is 1. The number of hydrogen-bond donors (Lipinski definition) is 1. The van der Waals surface area contributed by atoms with Crippen molar-refractivity contribution in [3.63, 3.8) is 0 Å². The van der Waals surface area contributed by atoms with Gasteiger partial charge in [-0.05, 0) is 49.3 Å². The third kappa shape index (κ3) is 2.69. The molecular formula is C17H24FNO. The second kappa shape index (κ2) is 5.72. The standard InChI is InChI=1S/C17H24FNO/c18-15-8-14(17(12-19)6-1-2-7-17)9-16(10-15)20-11-13-4-3-5-13/h8-10,13H,1-7,11-12,19H2. The monoisotopic (exact) mass is 277 g/mol. The molecule has 0 radical (unpaired) electrons. The lowest BCUT2D eigenvalue weighted by Crippen LogP contribution is -2.32. The zero-order valence-corrected chi connectivity index (χ0v) is 12.0. The van der Waals surface area contributed by atoms with E-state index in [1.807, 2.05) is 6.07 Å². The number of halogens is 1. The minimum atomic E-state index is -0.203. The van der Waals surface area contributed by atoms with Crippen molar-refractivity contribution in [3.05, 3.63) is 29.6 Å². The van der Waals surface area contributed by atoms with Crippen LogP contribution in [0.5, 0.6) is 5.75 Å². The zero-order valence-electron chi connectivity index (χ0n) is 12.0. The van der Waals surface area contributed by atoms with Crippen molar-refractivity contribution in [1.82, 2.24) is 0 Å². The number of rotatable bonds is 5. The summed E-state index contributed by atoms with van der Waals surface area (Å²) >= 11 is 0. The third-order valence-electron chi connectivity index (χ3n) is 5.15. The van der Waals surface area contributed by atoms with Crippen LogP contribution in [0.1, 0.15) is 50.5 Å². The highest BCUT2D eigenvalue weighted by Crippen LogP contribution is 2.41. The van der Waals surface area contributed by atoms with Gasteiger partial charge in [-0.2, -0.15) is 0 Å². The Morgan fingerprint density at radius 3 is 2.50 bits per heavy atom. The fraction of sp³-hybridized carbons (Fsp3) is 0.647. The molecule has 0 atom stereocenters. The van der Waals surface area contributed by atoms with Crippen LogP contribution in [-0.2, 0) is 5.41 Å². The molecule has 0 aromatic heterocycles. The Morgan fingerprint density at radius 2 is 1.90 bits per heavy atom. The Labute approximate surface area is 120 Å². The van der Waals surface area contributed by atoms with Gasteiger partial charge in [0.25, 0.3) is 0 Å². The molecule has 0 spiro atoms. The summed E-state index contributed by atoms with van der Waals surface area (Å²) in [6.45, 7) is 1.32. The lowest BCUT2D eigenvalue weighted by Gasteiger charge is -2.29. The molecule has 1 aromatic rings. The first-order valence-electron chi connectivity index (χ1n) is 7.86. The van der Waals surface area contributed by atoms with Gasteiger partial charge in [0.2, 0.25) is 0 Å². The molecule has 2 aliphatic rings. The van der Waals surface area contributed by atoms with E-state index in [1.54, 1.807) is 6.07 Å². The van der Waals surface area contributed by atoms with E-state index < -0.39 is 0 Å². The van der Waals surface area contributed by atoms with Gasteiger partial charge < -0.3 is 10.5 Å². The van der Waals surface area contributed by atoms with Gasteiger partial charge in [-0.25, -0.2) is 4.39 Å². The molecule has 0 bridgehead atoms. The van der Waals surface area contributed by atoms with Crippen LogP contribution in [0.2, 0.25) is 0 Å². The molecule has 2 fully saturated rings. The first-order valence-corrected chi connectivity index (χ1v) is 7.86. The van der Waals surface area contributed by atoms with E-state index in [2.05, 4.69) is 0 Å². The van der Waals surface area contributed by atoms with E-state index in [1.165, 1.54) is 38.2 Å². The molecule has 1 aromatic carbocycles. The van der Waals surface area contributed by atoms with E-state index in [0.717, 1.165) is 25.0 Å². The lowest BCUT2D eigenvalue weighted by atomic mass is 9.79. The average molecular weight is 277 g/mol. The van der Waals surface area contributed by atoms with Gasteiger partial charge in [-0.3, -0.25) is 0 Å². The lowest BCUT2D eigenvalue weighted by molar-refractivity contribution is 0.180. The van der Waals surface area contributed by atoms with Gasteiger partial charge >= 0.3 is 0 Å². The molecule has 0 amide bonds. The summed E-state index contributed by atoms with van der Waals surface area (Å²) in [5, 5.41) is 0. The van der Waals surface area contributed by atoms with Crippen molar-refractivity contribution in [1.29, 1.82) is 0 Å². The van der Waals surface area contributed by atoms with Crippen LogP contribution in [-0.4, -0.2) is 13.2 Å². The smallest absolute Gasteiger partial charge is 0.127 e. The summed E-state index contributed by atoms with van der Waals surface area (Å²) in [5.74, 6) is 1.13. The maximum absolute atomic E-state index is 13.9. The Balaban J connectivity index is 1.78. The van der Waals surface area contributed by atoms with Crippen LogP contribution < -0.4 is 10.5 Å². The van der Waals surface area contributed by atoms with Crippen LogP contribution >= 0.6 is 0 Å². The van der Waals surface area contributed by atoms with Crippen molar-refractivity contribution in [3.8, 4) is 5.75 Å². The molecule has 2 saturated carbocycles. The fourth-order valence-electron chi connectivity index (χ4n) is 3.49. The molecule has 0 aliphatic heterocycles. The van der Waals surface area contributed by atoms with Gasteiger partial charge in [0.15, 0.2) is 0 Å². The highest BCUT2D eigenvalue weighted by molar-refractivity contribution is 5.36. The van der Waals surface area contributed by atoms with Gasteiger partial charge in [0, 0.05) is 18.0 Å². The van der Waals surface area contributed by atoms with Gasteiger partial charge in [-0.1, -0.05) is 19.3 Å². The molecule has 0 saturated heterocycles.